The van der Waals surface area contributed by atoms with E-state index in [0.717, 1.165) is 18.5 Å². The fraction of sp³-hybridized carbons (Fsp3) is 0.500. The quantitative estimate of drug-likeness (QED) is 0.580. The van der Waals surface area contributed by atoms with Crippen molar-refractivity contribution in [1.82, 2.24) is 4.57 Å². The number of nitrogens with zero attached hydrogens (tertiary/aromatic N) is 1. The van der Waals surface area contributed by atoms with Crippen molar-refractivity contribution in [3.8, 4) is 0 Å². The van der Waals surface area contributed by atoms with E-state index in [9.17, 15) is 4.79 Å². The Morgan fingerprint density at radius 3 is 3.00 bits per heavy atom. The second kappa shape index (κ2) is 2.77. The third-order valence-corrected chi connectivity index (χ3v) is 2.47. The van der Waals surface area contributed by atoms with Gasteiger partial charge in [-0.05, 0) is 32.3 Å². The van der Waals surface area contributed by atoms with Gasteiger partial charge in [0.15, 0.2) is 5.78 Å². The Hall–Kier alpha value is -1.05. The number of aromatic nitrogens is 1. The summed E-state index contributed by atoms with van der Waals surface area (Å²) in [5, 5.41) is 0. The molecule has 2 heterocycles. The summed E-state index contributed by atoms with van der Waals surface area (Å²) in [5.74, 6) is 0.178. The third-order valence-electron chi connectivity index (χ3n) is 2.47. The van der Waals surface area contributed by atoms with Crippen LogP contribution >= 0.6 is 0 Å². The van der Waals surface area contributed by atoms with Crippen LogP contribution in [-0.4, -0.2) is 10.4 Å². The minimum atomic E-state index is 0.178. The zero-order valence-electron chi connectivity index (χ0n) is 7.34. The van der Waals surface area contributed by atoms with E-state index in [4.69, 9.17) is 0 Å². The van der Waals surface area contributed by atoms with Crippen molar-refractivity contribution in [3.05, 3.63) is 23.5 Å². The van der Waals surface area contributed by atoms with Gasteiger partial charge >= 0.3 is 0 Å². The summed E-state index contributed by atoms with van der Waals surface area (Å²) in [7, 11) is 0. The molecule has 0 saturated carbocycles. The summed E-state index contributed by atoms with van der Waals surface area (Å²) < 4.78 is 2.21. The van der Waals surface area contributed by atoms with Crippen LogP contribution in [0.5, 0.6) is 0 Å². The minimum Gasteiger partial charge on any atom is -0.351 e. The Bertz CT molecular complexity index is 288. The highest BCUT2D eigenvalue weighted by molar-refractivity contribution is 5.94. The SMILES string of the molecule is CC(=O)c1cc2n(c1)CCCC2. The molecule has 0 spiro atoms. The zero-order chi connectivity index (χ0) is 8.55. The lowest BCUT2D eigenvalue weighted by Crippen LogP contribution is -2.07. The maximum absolute atomic E-state index is 11.0. The van der Waals surface area contributed by atoms with Crippen LogP contribution in [0.15, 0.2) is 12.3 Å². The first kappa shape index (κ1) is 7.59. The molecule has 0 bridgehead atoms. The highest BCUT2D eigenvalue weighted by Gasteiger charge is 2.11. The van der Waals surface area contributed by atoms with Crippen molar-refractivity contribution in [1.29, 1.82) is 0 Å². The van der Waals surface area contributed by atoms with Crippen LogP contribution in [0.25, 0.3) is 0 Å². The van der Waals surface area contributed by atoms with Crippen molar-refractivity contribution in [2.45, 2.75) is 32.7 Å². The molecule has 0 saturated heterocycles. The number of carbonyl (C=O) groups excluding carboxylic acids is 1. The molecule has 1 aromatic heterocycles. The molecule has 0 fully saturated rings. The number of carbonyl (C=O) groups is 1. The van der Waals surface area contributed by atoms with Gasteiger partial charge < -0.3 is 4.57 Å². The van der Waals surface area contributed by atoms with Gasteiger partial charge in [-0.2, -0.15) is 0 Å². The Morgan fingerprint density at radius 2 is 2.33 bits per heavy atom. The highest BCUT2D eigenvalue weighted by Crippen LogP contribution is 2.17. The van der Waals surface area contributed by atoms with Gasteiger partial charge in [-0.1, -0.05) is 0 Å². The summed E-state index contributed by atoms with van der Waals surface area (Å²) in [4.78, 5) is 11.0. The van der Waals surface area contributed by atoms with Crippen LogP contribution in [-0.2, 0) is 13.0 Å². The highest BCUT2D eigenvalue weighted by atomic mass is 16.1. The predicted molar refractivity (Wildman–Crippen MR) is 47.4 cm³/mol. The van der Waals surface area contributed by atoms with Gasteiger partial charge in [0.1, 0.15) is 0 Å². The van der Waals surface area contributed by atoms with Gasteiger partial charge in [0, 0.05) is 24.0 Å². The summed E-state index contributed by atoms with van der Waals surface area (Å²) in [6.45, 7) is 2.71. The Balaban J connectivity index is 2.38. The number of ketones is 1. The van der Waals surface area contributed by atoms with Gasteiger partial charge in [0.05, 0.1) is 0 Å². The molecule has 0 atom stereocenters. The Morgan fingerprint density at radius 1 is 1.50 bits per heavy atom. The van der Waals surface area contributed by atoms with Crippen molar-refractivity contribution >= 4 is 5.78 Å². The van der Waals surface area contributed by atoms with Crippen molar-refractivity contribution in [2.75, 3.05) is 0 Å². The fourth-order valence-electron chi connectivity index (χ4n) is 1.76. The molecule has 1 aliphatic rings. The van der Waals surface area contributed by atoms with E-state index in [1.54, 1.807) is 6.92 Å². The first-order valence-electron chi connectivity index (χ1n) is 4.47. The maximum atomic E-state index is 11.0. The van der Waals surface area contributed by atoms with Gasteiger partial charge in [0.2, 0.25) is 0 Å². The van der Waals surface area contributed by atoms with Gasteiger partial charge in [0.25, 0.3) is 0 Å². The normalized spacial score (nSPS) is 15.8. The summed E-state index contributed by atoms with van der Waals surface area (Å²) in [6.07, 6.45) is 5.63. The molecule has 0 unspecified atom stereocenters. The number of Topliss-reactive ketones (excluding diaryl/α,β-unsaturated/α-hetero) is 1. The molecular formula is C10H13NO. The summed E-state index contributed by atoms with van der Waals surface area (Å²) in [6, 6.07) is 2.03. The topological polar surface area (TPSA) is 22.0 Å². The van der Waals surface area contributed by atoms with E-state index in [0.29, 0.717) is 0 Å². The molecule has 1 aliphatic heterocycles. The summed E-state index contributed by atoms with van der Waals surface area (Å²) in [5.41, 5.74) is 2.19. The number of hydrogen-bond acceptors (Lipinski definition) is 1. The molecular weight excluding hydrogens is 150 g/mol. The molecule has 12 heavy (non-hydrogen) atoms. The number of aryl methyl sites for hydroxylation is 2. The second-order valence-electron chi connectivity index (χ2n) is 3.43. The molecule has 1 aromatic rings. The van der Waals surface area contributed by atoms with E-state index in [1.807, 2.05) is 12.3 Å². The molecule has 2 rings (SSSR count). The van der Waals surface area contributed by atoms with Crippen LogP contribution in [0.4, 0.5) is 0 Å². The van der Waals surface area contributed by atoms with Gasteiger partial charge in [-0.3, -0.25) is 4.79 Å². The predicted octanol–water partition coefficient (Wildman–Crippen LogP) is 2.03. The van der Waals surface area contributed by atoms with Crippen molar-refractivity contribution in [2.24, 2.45) is 0 Å². The first-order valence-corrected chi connectivity index (χ1v) is 4.47. The number of hydrogen-bond donors (Lipinski definition) is 0. The number of rotatable bonds is 1. The fourth-order valence-corrected chi connectivity index (χ4v) is 1.76. The second-order valence-corrected chi connectivity index (χ2v) is 3.43. The van der Waals surface area contributed by atoms with Crippen LogP contribution in [0, 0.1) is 0 Å². The Kier molecular flexibility index (Phi) is 1.75. The van der Waals surface area contributed by atoms with E-state index in [2.05, 4.69) is 4.57 Å². The zero-order valence-corrected chi connectivity index (χ0v) is 7.34. The molecule has 2 nitrogen and oxygen atoms in total. The average Bonchev–Trinajstić information content (AvgIpc) is 2.46. The third kappa shape index (κ3) is 1.17. The van der Waals surface area contributed by atoms with Crippen molar-refractivity contribution < 1.29 is 4.79 Å². The maximum Gasteiger partial charge on any atom is 0.161 e. The van der Waals surface area contributed by atoms with Crippen LogP contribution in [0.3, 0.4) is 0 Å². The molecule has 0 radical (unpaired) electrons. The molecule has 2 heteroatoms. The van der Waals surface area contributed by atoms with Crippen LogP contribution in [0.2, 0.25) is 0 Å². The van der Waals surface area contributed by atoms with E-state index < -0.39 is 0 Å². The first-order chi connectivity index (χ1) is 5.77. The monoisotopic (exact) mass is 163 g/mol. The van der Waals surface area contributed by atoms with Crippen molar-refractivity contribution in [3.63, 3.8) is 0 Å². The van der Waals surface area contributed by atoms with Crippen LogP contribution in [0.1, 0.15) is 35.8 Å². The van der Waals surface area contributed by atoms with Crippen LogP contribution < -0.4 is 0 Å². The lowest BCUT2D eigenvalue weighted by atomic mass is 10.1. The lowest BCUT2D eigenvalue weighted by Gasteiger charge is -2.13. The molecule has 0 N–H and O–H groups in total. The van der Waals surface area contributed by atoms with Gasteiger partial charge in [-0.15, -0.1) is 0 Å². The number of fused-ring (bicyclic) bond motifs is 1. The van der Waals surface area contributed by atoms with E-state index in [-0.39, 0.29) is 5.78 Å². The molecule has 0 aromatic carbocycles. The average molecular weight is 163 g/mol. The minimum absolute atomic E-state index is 0.178. The van der Waals surface area contributed by atoms with Gasteiger partial charge in [-0.25, -0.2) is 0 Å². The molecule has 64 valence electrons. The molecule has 0 amide bonds. The largest absolute Gasteiger partial charge is 0.351 e. The lowest BCUT2D eigenvalue weighted by molar-refractivity contribution is 0.101. The van der Waals surface area contributed by atoms with E-state index in [1.165, 1.54) is 18.5 Å². The molecule has 0 aliphatic carbocycles. The summed E-state index contributed by atoms with van der Waals surface area (Å²) >= 11 is 0. The standard InChI is InChI=1S/C10H13NO/c1-8(12)9-6-10-4-2-3-5-11(10)7-9/h6-7H,2-5H2,1H3. The Labute approximate surface area is 72.2 Å². The van der Waals surface area contributed by atoms with E-state index >= 15 is 0 Å². The smallest absolute Gasteiger partial charge is 0.161 e.